The molecule has 0 unspecified atom stereocenters. The largest absolute Gasteiger partial charge is 0.348 e. The van der Waals surface area contributed by atoms with Crippen molar-refractivity contribution in [3.63, 3.8) is 0 Å². The van der Waals surface area contributed by atoms with Crippen LogP contribution in [0.2, 0.25) is 0 Å². The second-order valence-corrected chi connectivity index (χ2v) is 8.87. The van der Waals surface area contributed by atoms with Crippen molar-refractivity contribution in [3.8, 4) is 0 Å². The van der Waals surface area contributed by atoms with Crippen LogP contribution in [0.25, 0.3) is 0 Å². The maximum absolute atomic E-state index is 13.0. The minimum absolute atomic E-state index is 0.0710. The Morgan fingerprint density at radius 2 is 2.11 bits per heavy atom. The lowest BCUT2D eigenvalue weighted by Crippen LogP contribution is -2.54. The highest BCUT2D eigenvalue weighted by molar-refractivity contribution is 7.99. The van der Waals surface area contributed by atoms with Crippen LogP contribution in [0, 0.1) is 5.92 Å². The van der Waals surface area contributed by atoms with Gasteiger partial charge in [0, 0.05) is 10.6 Å². The number of urea groups is 1. The molecule has 2 fully saturated rings. The Kier molecular flexibility index (Phi) is 4.88. The van der Waals surface area contributed by atoms with Crippen LogP contribution in [-0.2, 0) is 9.59 Å². The number of carbonyl (C=O) groups is 3. The number of hydrogen-bond donors (Lipinski definition) is 2. The second kappa shape index (κ2) is 7.19. The smallest absolute Gasteiger partial charge is 0.325 e. The molecule has 2 heterocycles. The standard InChI is InChI=1S/C20H25N3O3S/c1-13-6-4-5-10-20(13)18(25)23(19(26)22-20)12-17(24)21-15-9-11-27-16-8-3-2-7-14(15)16/h2-3,7-8,13,15H,4-6,9-12H2,1H3,(H,21,24)(H,22,26)/t13-,15+,20-/m1/s1. The summed E-state index contributed by atoms with van der Waals surface area (Å²) in [4.78, 5) is 40.3. The molecule has 3 aliphatic rings. The summed E-state index contributed by atoms with van der Waals surface area (Å²) in [7, 11) is 0. The lowest BCUT2D eigenvalue weighted by atomic mass is 9.73. The topological polar surface area (TPSA) is 78.5 Å². The molecule has 2 aliphatic heterocycles. The fourth-order valence-corrected chi connectivity index (χ4v) is 5.64. The predicted molar refractivity (Wildman–Crippen MR) is 103 cm³/mol. The van der Waals surface area contributed by atoms with Crippen LogP contribution >= 0.6 is 11.8 Å². The first-order valence-corrected chi connectivity index (χ1v) is 10.6. The summed E-state index contributed by atoms with van der Waals surface area (Å²) in [5, 5.41) is 5.92. The highest BCUT2D eigenvalue weighted by atomic mass is 32.2. The first kappa shape index (κ1) is 18.3. The van der Waals surface area contributed by atoms with E-state index in [0.717, 1.165) is 41.9 Å². The Labute approximate surface area is 163 Å². The second-order valence-electron chi connectivity index (χ2n) is 7.73. The third-order valence-electron chi connectivity index (χ3n) is 6.10. The van der Waals surface area contributed by atoms with Crippen molar-refractivity contribution < 1.29 is 14.4 Å². The Balaban J connectivity index is 1.44. The number of thioether (sulfide) groups is 1. The monoisotopic (exact) mass is 387 g/mol. The number of nitrogens with zero attached hydrogens (tertiary/aromatic N) is 1. The molecule has 1 aromatic carbocycles. The van der Waals surface area contributed by atoms with Gasteiger partial charge in [-0.25, -0.2) is 4.79 Å². The van der Waals surface area contributed by atoms with Crippen molar-refractivity contribution in [1.29, 1.82) is 0 Å². The maximum Gasteiger partial charge on any atom is 0.325 e. The van der Waals surface area contributed by atoms with E-state index in [4.69, 9.17) is 0 Å². The molecule has 1 spiro atoms. The zero-order valence-electron chi connectivity index (χ0n) is 15.5. The number of amides is 4. The molecule has 7 heteroatoms. The van der Waals surface area contributed by atoms with Crippen LogP contribution in [0.3, 0.4) is 0 Å². The average Bonchev–Trinajstić information content (AvgIpc) is 2.89. The lowest BCUT2D eigenvalue weighted by molar-refractivity contribution is -0.137. The van der Waals surface area contributed by atoms with Gasteiger partial charge >= 0.3 is 6.03 Å². The Morgan fingerprint density at radius 3 is 2.93 bits per heavy atom. The van der Waals surface area contributed by atoms with Crippen LogP contribution in [0.4, 0.5) is 4.79 Å². The van der Waals surface area contributed by atoms with Gasteiger partial charge in [-0.3, -0.25) is 14.5 Å². The van der Waals surface area contributed by atoms with E-state index in [2.05, 4.69) is 16.7 Å². The molecule has 0 radical (unpaired) electrons. The summed E-state index contributed by atoms with van der Waals surface area (Å²) >= 11 is 1.79. The van der Waals surface area contributed by atoms with Crippen LogP contribution in [0.15, 0.2) is 29.2 Å². The summed E-state index contributed by atoms with van der Waals surface area (Å²) < 4.78 is 0. The first-order chi connectivity index (χ1) is 13.0. The molecule has 6 nitrogen and oxygen atoms in total. The Bertz CT molecular complexity index is 783. The van der Waals surface area contributed by atoms with Gasteiger partial charge in [0.05, 0.1) is 6.04 Å². The van der Waals surface area contributed by atoms with Gasteiger partial charge in [-0.15, -0.1) is 11.8 Å². The minimum Gasteiger partial charge on any atom is -0.348 e. The average molecular weight is 388 g/mol. The fraction of sp³-hybridized carbons (Fsp3) is 0.550. The van der Waals surface area contributed by atoms with Gasteiger partial charge in [0.15, 0.2) is 0 Å². The quantitative estimate of drug-likeness (QED) is 0.782. The van der Waals surface area contributed by atoms with E-state index >= 15 is 0 Å². The maximum atomic E-state index is 13.0. The number of nitrogens with one attached hydrogen (secondary N) is 2. The molecule has 144 valence electrons. The van der Waals surface area contributed by atoms with E-state index in [1.54, 1.807) is 11.8 Å². The number of benzene rings is 1. The van der Waals surface area contributed by atoms with E-state index in [1.165, 1.54) is 4.90 Å². The molecule has 2 N–H and O–H groups in total. The van der Waals surface area contributed by atoms with Crippen molar-refractivity contribution in [2.75, 3.05) is 12.3 Å². The zero-order chi connectivity index (χ0) is 19.0. The highest BCUT2D eigenvalue weighted by Gasteiger charge is 2.55. The van der Waals surface area contributed by atoms with Gasteiger partial charge in [0.2, 0.25) is 5.91 Å². The predicted octanol–water partition coefficient (Wildman–Crippen LogP) is 2.84. The molecule has 1 aliphatic carbocycles. The summed E-state index contributed by atoms with van der Waals surface area (Å²) in [6.45, 7) is 1.79. The van der Waals surface area contributed by atoms with Gasteiger partial charge in [-0.1, -0.05) is 38.0 Å². The fourth-order valence-electron chi connectivity index (χ4n) is 4.51. The normalized spacial score (nSPS) is 30.2. The number of fused-ring (bicyclic) bond motifs is 1. The number of carbonyl (C=O) groups excluding carboxylic acids is 3. The summed E-state index contributed by atoms with van der Waals surface area (Å²) in [6.07, 6.45) is 4.42. The van der Waals surface area contributed by atoms with Gasteiger partial charge in [-0.05, 0) is 36.8 Å². The molecule has 1 saturated carbocycles. The number of imide groups is 1. The van der Waals surface area contributed by atoms with E-state index in [1.807, 2.05) is 25.1 Å². The molecule has 3 atom stereocenters. The third kappa shape index (κ3) is 3.22. The summed E-state index contributed by atoms with van der Waals surface area (Å²) in [5.41, 5.74) is 0.292. The van der Waals surface area contributed by atoms with Crippen LogP contribution in [-0.4, -0.2) is 40.6 Å². The highest BCUT2D eigenvalue weighted by Crippen LogP contribution is 2.38. The molecule has 0 bridgehead atoms. The molecule has 27 heavy (non-hydrogen) atoms. The van der Waals surface area contributed by atoms with Gasteiger partial charge in [0.25, 0.3) is 5.91 Å². The molecular formula is C20H25N3O3S. The van der Waals surface area contributed by atoms with E-state index in [0.29, 0.717) is 6.42 Å². The van der Waals surface area contributed by atoms with E-state index in [9.17, 15) is 14.4 Å². The summed E-state index contributed by atoms with van der Waals surface area (Å²) in [6, 6.07) is 7.54. The third-order valence-corrected chi connectivity index (χ3v) is 7.22. The SMILES string of the molecule is C[C@@H]1CCCC[C@@]12NC(=O)N(CC(=O)N[C@H]1CCSc3ccccc31)C2=O. The van der Waals surface area contributed by atoms with Crippen molar-refractivity contribution in [1.82, 2.24) is 15.5 Å². The van der Waals surface area contributed by atoms with E-state index < -0.39 is 11.6 Å². The zero-order valence-corrected chi connectivity index (χ0v) is 16.3. The molecule has 1 aromatic rings. The van der Waals surface area contributed by atoms with Crippen LogP contribution in [0.5, 0.6) is 0 Å². The van der Waals surface area contributed by atoms with Crippen LogP contribution in [0.1, 0.15) is 50.6 Å². The number of rotatable bonds is 3. The summed E-state index contributed by atoms with van der Waals surface area (Å²) in [5.74, 6) is 0.504. The van der Waals surface area contributed by atoms with Crippen LogP contribution < -0.4 is 10.6 Å². The van der Waals surface area contributed by atoms with Crippen molar-refractivity contribution in [2.45, 2.75) is 55.5 Å². The number of hydrogen-bond acceptors (Lipinski definition) is 4. The van der Waals surface area contributed by atoms with Crippen molar-refractivity contribution in [3.05, 3.63) is 29.8 Å². The molecule has 4 amide bonds. The van der Waals surface area contributed by atoms with E-state index in [-0.39, 0.29) is 30.3 Å². The molecule has 4 rings (SSSR count). The minimum atomic E-state index is -0.816. The van der Waals surface area contributed by atoms with Crippen molar-refractivity contribution in [2.24, 2.45) is 5.92 Å². The van der Waals surface area contributed by atoms with Gasteiger partial charge in [0.1, 0.15) is 12.1 Å². The molecule has 1 saturated heterocycles. The van der Waals surface area contributed by atoms with Crippen molar-refractivity contribution >= 4 is 29.6 Å². The lowest BCUT2D eigenvalue weighted by Gasteiger charge is -2.36. The van der Waals surface area contributed by atoms with Gasteiger partial charge in [-0.2, -0.15) is 0 Å². The molecular weight excluding hydrogens is 362 g/mol. The Morgan fingerprint density at radius 1 is 1.30 bits per heavy atom. The first-order valence-electron chi connectivity index (χ1n) is 9.66. The molecule has 0 aromatic heterocycles. The van der Waals surface area contributed by atoms with Gasteiger partial charge < -0.3 is 10.6 Å². The Hall–Kier alpha value is -2.02.